The van der Waals surface area contributed by atoms with Crippen molar-refractivity contribution in [2.24, 2.45) is 0 Å². The van der Waals surface area contributed by atoms with Gasteiger partial charge in [-0.15, -0.1) is 0 Å². The fourth-order valence-electron chi connectivity index (χ4n) is 1.91. The molecule has 1 aliphatic heterocycles. The van der Waals surface area contributed by atoms with Gasteiger partial charge >= 0.3 is 0 Å². The van der Waals surface area contributed by atoms with E-state index in [1.165, 1.54) is 0 Å². The van der Waals surface area contributed by atoms with Crippen LogP contribution in [-0.4, -0.2) is 28.0 Å². The summed E-state index contributed by atoms with van der Waals surface area (Å²) in [6.45, 7) is 9.42. The van der Waals surface area contributed by atoms with Crippen LogP contribution in [0.5, 0.6) is 0 Å². The number of hydrogen-bond acceptors (Lipinski definition) is 1. The molecule has 3 nitrogen and oxygen atoms in total. The van der Waals surface area contributed by atoms with Crippen LogP contribution in [0.25, 0.3) is 0 Å². The Kier molecular flexibility index (Phi) is 13.8. The highest BCUT2D eigenvalue weighted by Gasteiger charge is 2.21. The van der Waals surface area contributed by atoms with Gasteiger partial charge in [0.25, 0.3) is 0 Å². The van der Waals surface area contributed by atoms with E-state index in [1.807, 2.05) is 17.0 Å². The summed E-state index contributed by atoms with van der Waals surface area (Å²) in [5.74, 6) is 0.324. The number of carbonyl (C=O) groups excluding carboxylic acids is 1. The van der Waals surface area contributed by atoms with Crippen LogP contribution < -0.4 is 0 Å². The molecule has 0 bridgehead atoms. The quantitative estimate of drug-likeness (QED) is 0.750. The number of amides is 1. The van der Waals surface area contributed by atoms with Crippen molar-refractivity contribution in [2.75, 3.05) is 6.54 Å². The van der Waals surface area contributed by atoms with E-state index in [0.29, 0.717) is 18.0 Å². The Hall–Kier alpha value is -1.25. The number of rotatable bonds is 2. The molecule has 1 aromatic rings. The van der Waals surface area contributed by atoms with Gasteiger partial charge in [-0.2, -0.15) is 0 Å². The van der Waals surface area contributed by atoms with Gasteiger partial charge in [-0.1, -0.05) is 22.3 Å². The molecule has 0 saturated carbocycles. The van der Waals surface area contributed by atoms with Crippen LogP contribution in [0, 0.1) is 0 Å². The van der Waals surface area contributed by atoms with E-state index >= 15 is 0 Å². The molecule has 120 valence electrons. The van der Waals surface area contributed by atoms with Crippen molar-refractivity contribution in [2.45, 2.75) is 74.9 Å². The lowest BCUT2D eigenvalue weighted by atomic mass is 10.3. The van der Waals surface area contributed by atoms with Crippen LogP contribution in [0.1, 0.15) is 68.9 Å². The summed E-state index contributed by atoms with van der Waals surface area (Å²) in [7, 11) is 0. The third kappa shape index (κ3) is 7.37. The smallest absolute Gasteiger partial charge is 0.222 e. The molecule has 1 saturated heterocycles. The molecule has 0 N–H and O–H groups in total. The maximum absolute atomic E-state index is 10.9. The zero-order chi connectivity index (χ0) is 12.8. The van der Waals surface area contributed by atoms with Gasteiger partial charge in [0.2, 0.25) is 5.91 Å². The molecule has 2 heterocycles. The van der Waals surface area contributed by atoms with Gasteiger partial charge in [-0.05, 0) is 46.2 Å². The topological polar surface area (TPSA) is 25.2 Å². The second-order valence-electron chi connectivity index (χ2n) is 5.01. The minimum Gasteiger partial charge on any atom is -0.352 e. The lowest BCUT2D eigenvalue weighted by Crippen LogP contribution is -2.31. The molecule has 20 heavy (non-hydrogen) atoms. The van der Waals surface area contributed by atoms with Gasteiger partial charge in [-0.3, -0.25) is 4.79 Å². The van der Waals surface area contributed by atoms with Crippen molar-refractivity contribution < 1.29 is 4.79 Å². The van der Waals surface area contributed by atoms with Crippen LogP contribution in [0.15, 0.2) is 24.5 Å². The Morgan fingerprint density at radius 1 is 0.950 bits per heavy atom. The molecule has 1 aromatic heterocycles. The molecule has 0 unspecified atom stereocenters. The van der Waals surface area contributed by atoms with E-state index in [-0.39, 0.29) is 22.3 Å². The van der Waals surface area contributed by atoms with Crippen LogP contribution in [0.3, 0.4) is 0 Å². The molecule has 0 aliphatic carbocycles. The highest BCUT2D eigenvalue weighted by atomic mass is 16.2. The number of nitrogens with zero attached hydrogens (tertiary/aromatic N) is 2. The maximum Gasteiger partial charge on any atom is 0.222 e. The van der Waals surface area contributed by atoms with Crippen LogP contribution >= 0.6 is 0 Å². The molecule has 1 amide bonds. The first kappa shape index (κ1) is 23.8. The minimum absolute atomic E-state index is 0. The van der Waals surface area contributed by atoms with E-state index in [9.17, 15) is 4.79 Å². The molecule has 3 heteroatoms. The van der Waals surface area contributed by atoms with Crippen LogP contribution in [0.2, 0.25) is 0 Å². The molecular weight excluding hydrogens is 248 g/mol. The summed E-state index contributed by atoms with van der Waals surface area (Å²) >= 11 is 0. The Morgan fingerprint density at radius 2 is 1.45 bits per heavy atom. The van der Waals surface area contributed by atoms with Crippen molar-refractivity contribution in [3.63, 3.8) is 0 Å². The number of carbonyl (C=O) groups is 1. The van der Waals surface area contributed by atoms with Crippen molar-refractivity contribution in [3.8, 4) is 0 Å². The minimum atomic E-state index is 0. The molecule has 1 aliphatic rings. The number of aromatic nitrogens is 1. The predicted octanol–water partition coefficient (Wildman–Crippen LogP) is 4.99. The lowest BCUT2D eigenvalue weighted by molar-refractivity contribution is -0.129. The maximum atomic E-state index is 10.9. The van der Waals surface area contributed by atoms with Gasteiger partial charge < -0.3 is 9.47 Å². The first-order valence-electron chi connectivity index (χ1n) is 6.44. The van der Waals surface area contributed by atoms with E-state index < -0.39 is 0 Å². The zero-order valence-corrected chi connectivity index (χ0v) is 11.4. The summed E-state index contributed by atoms with van der Waals surface area (Å²) in [6.07, 6.45) is 5.96. The van der Waals surface area contributed by atoms with Gasteiger partial charge in [-0.25, -0.2) is 0 Å². The molecule has 0 atom stereocenters. The van der Waals surface area contributed by atoms with E-state index in [2.05, 4.69) is 44.7 Å². The van der Waals surface area contributed by atoms with E-state index in [1.54, 1.807) is 0 Å². The van der Waals surface area contributed by atoms with Gasteiger partial charge in [0.1, 0.15) is 0 Å². The standard InChI is InChI=1S/C7H13NO.C7H11N.3CH4/c1-6(2)8-5-3-4-7(8)9;1-7(2)8-5-3-4-6-8;;;/h6H,3-5H2,1-2H3;3-7H,1-2H3;3*1H4. The number of hydrogen-bond donors (Lipinski definition) is 0. The largest absolute Gasteiger partial charge is 0.352 e. The second-order valence-corrected chi connectivity index (χ2v) is 5.01. The van der Waals surface area contributed by atoms with E-state index in [4.69, 9.17) is 0 Å². The molecule has 0 radical (unpaired) electrons. The van der Waals surface area contributed by atoms with Crippen molar-refractivity contribution in [1.82, 2.24) is 9.47 Å². The zero-order valence-electron chi connectivity index (χ0n) is 11.4. The average Bonchev–Trinajstić information content (AvgIpc) is 2.87. The summed E-state index contributed by atoms with van der Waals surface area (Å²) < 4.78 is 2.17. The monoisotopic (exact) mass is 284 g/mol. The normalized spacial score (nSPS) is 13.1. The summed E-state index contributed by atoms with van der Waals surface area (Å²) in [5, 5.41) is 0. The fourth-order valence-corrected chi connectivity index (χ4v) is 1.91. The highest BCUT2D eigenvalue weighted by Crippen LogP contribution is 2.12. The van der Waals surface area contributed by atoms with Crippen molar-refractivity contribution in [1.29, 1.82) is 0 Å². The Bertz CT molecular complexity index is 329. The summed E-state index contributed by atoms with van der Waals surface area (Å²) in [4.78, 5) is 12.9. The van der Waals surface area contributed by atoms with Gasteiger partial charge in [0, 0.05) is 37.4 Å². The Labute approximate surface area is 127 Å². The summed E-state index contributed by atoms with van der Waals surface area (Å²) in [6, 6.07) is 5.09. The van der Waals surface area contributed by atoms with E-state index in [0.717, 1.165) is 19.4 Å². The summed E-state index contributed by atoms with van der Waals surface area (Å²) in [5.41, 5.74) is 0. The van der Waals surface area contributed by atoms with Crippen molar-refractivity contribution in [3.05, 3.63) is 24.5 Å². The third-order valence-electron chi connectivity index (χ3n) is 2.96. The van der Waals surface area contributed by atoms with Crippen LogP contribution in [-0.2, 0) is 4.79 Å². The predicted molar refractivity (Wildman–Crippen MR) is 91.1 cm³/mol. The second kappa shape index (κ2) is 11.6. The molecule has 0 spiro atoms. The van der Waals surface area contributed by atoms with Crippen LogP contribution in [0.4, 0.5) is 0 Å². The molecule has 0 aromatic carbocycles. The van der Waals surface area contributed by atoms with Gasteiger partial charge in [0.05, 0.1) is 0 Å². The third-order valence-corrected chi connectivity index (χ3v) is 2.96. The first-order chi connectivity index (χ1) is 8.02. The molecular formula is C17H36N2O. The highest BCUT2D eigenvalue weighted by molar-refractivity contribution is 5.78. The Balaban J connectivity index is -0.000000252. The molecule has 1 fully saturated rings. The lowest BCUT2D eigenvalue weighted by Gasteiger charge is -2.19. The fraction of sp³-hybridized carbons (Fsp3) is 0.706. The van der Waals surface area contributed by atoms with Gasteiger partial charge in [0.15, 0.2) is 0 Å². The number of likely N-dealkylation sites (tertiary alicyclic amines) is 1. The van der Waals surface area contributed by atoms with Crippen molar-refractivity contribution >= 4 is 5.91 Å². The SMILES string of the molecule is C.C.C.CC(C)N1CCCC1=O.CC(C)n1cccc1. The first-order valence-corrected chi connectivity index (χ1v) is 6.44. The Morgan fingerprint density at radius 3 is 1.65 bits per heavy atom. The average molecular weight is 284 g/mol. The molecule has 2 rings (SSSR count).